The summed E-state index contributed by atoms with van der Waals surface area (Å²) in [6.07, 6.45) is 0. The van der Waals surface area contributed by atoms with E-state index < -0.39 is 0 Å². The molecule has 0 bridgehead atoms. The lowest BCUT2D eigenvalue weighted by atomic mass is 10.1. The fourth-order valence-corrected chi connectivity index (χ4v) is 1.32. The molecular weight excluding hydrogens is 138 g/mol. The second kappa shape index (κ2) is 2.09. The lowest BCUT2D eigenvalue weighted by Gasteiger charge is -1.97. The van der Waals surface area contributed by atoms with Gasteiger partial charge in [0, 0.05) is 11.3 Å². The highest BCUT2D eigenvalue weighted by atomic mass is 16.1. The first-order valence-corrected chi connectivity index (χ1v) is 3.65. The van der Waals surface area contributed by atoms with Crippen LogP contribution in [-0.2, 0) is 0 Å². The first-order chi connectivity index (χ1) is 5.27. The molecule has 0 aromatic heterocycles. The second-order valence-electron chi connectivity index (χ2n) is 2.83. The third-order valence-electron chi connectivity index (χ3n) is 1.91. The number of Topliss-reactive ketones (excluding diaryl/α,β-unsaturated/α-hetero) is 1. The van der Waals surface area contributed by atoms with Crippen molar-refractivity contribution in [2.45, 2.75) is 6.92 Å². The van der Waals surface area contributed by atoms with E-state index in [0.29, 0.717) is 6.54 Å². The normalized spacial score (nSPS) is 14.5. The second-order valence-corrected chi connectivity index (χ2v) is 2.83. The standard InChI is InChI=1S/C9H9NO/c1-6-2-3-7-8(4-6)10-5-9(7)11/h2-4,10H,5H2,1H3. The number of rotatable bonds is 0. The monoisotopic (exact) mass is 147 g/mol. The summed E-state index contributed by atoms with van der Waals surface area (Å²) in [5.41, 5.74) is 3.00. The van der Waals surface area contributed by atoms with Gasteiger partial charge in [-0.25, -0.2) is 0 Å². The maximum absolute atomic E-state index is 11.1. The summed E-state index contributed by atoms with van der Waals surface area (Å²) >= 11 is 0. The van der Waals surface area contributed by atoms with Crippen LogP contribution in [0, 0.1) is 6.92 Å². The molecule has 2 nitrogen and oxygen atoms in total. The summed E-state index contributed by atoms with van der Waals surface area (Å²) in [6, 6.07) is 5.84. The SMILES string of the molecule is Cc1ccc2c(c1)NCC2=O. The minimum Gasteiger partial charge on any atom is -0.377 e. The Bertz CT molecular complexity index is 317. The zero-order valence-corrected chi connectivity index (χ0v) is 6.35. The topological polar surface area (TPSA) is 29.1 Å². The molecule has 0 saturated carbocycles. The third kappa shape index (κ3) is 0.909. The third-order valence-corrected chi connectivity index (χ3v) is 1.91. The zero-order chi connectivity index (χ0) is 7.84. The van der Waals surface area contributed by atoms with E-state index in [1.165, 1.54) is 5.56 Å². The van der Waals surface area contributed by atoms with E-state index in [1.807, 2.05) is 25.1 Å². The predicted octanol–water partition coefficient (Wildman–Crippen LogP) is 1.60. The van der Waals surface area contributed by atoms with Crippen molar-refractivity contribution in [1.82, 2.24) is 0 Å². The van der Waals surface area contributed by atoms with Crippen LogP contribution in [0.2, 0.25) is 0 Å². The van der Waals surface area contributed by atoms with Gasteiger partial charge in [0.05, 0.1) is 6.54 Å². The molecule has 0 fully saturated rings. The lowest BCUT2D eigenvalue weighted by molar-refractivity contribution is 0.101. The van der Waals surface area contributed by atoms with Crippen molar-refractivity contribution < 1.29 is 4.79 Å². The van der Waals surface area contributed by atoms with Crippen molar-refractivity contribution in [3.8, 4) is 0 Å². The van der Waals surface area contributed by atoms with Crippen LogP contribution in [0.4, 0.5) is 5.69 Å². The Morgan fingerprint density at radius 1 is 1.45 bits per heavy atom. The molecular formula is C9H9NO. The highest BCUT2D eigenvalue weighted by Gasteiger charge is 2.17. The number of hydrogen-bond donors (Lipinski definition) is 1. The Kier molecular flexibility index (Phi) is 1.22. The molecule has 1 aromatic rings. The van der Waals surface area contributed by atoms with Gasteiger partial charge in [0.25, 0.3) is 0 Å². The molecule has 0 radical (unpaired) electrons. The van der Waals surface area contributed by atoms with Crippen LogP contribution in [0.5, 0.6) is 0 Å². The lowest BCUT2D eigenvalue weighted by Crippen LogP contribution is -2.00. The molecule has 1 heterocycles. The molecule has 0 amide bonds. The van der Waals surface area contributed by atoms with Gasteiger partial charge in [-0.05, 0) is 24.6 Å². The molecule has 1 aromatic carbocycles. The smallest absolute Gasteiger partial charge is 0.183 e. The summed E-state index contributed by atoms with van der Waals surface area (Å²) in [7, 11) is 0. The highest BCUT2D eigenvalue weighted by molar-refractivity contribution is 6.07. The number of fused-ring (bicyclic) bond motifs is 1. The van der Waals surface area contributed by atoms with Crippen molar-refractivity contribution in [1.29, 1.82) is 0 Å². The van der Waals surface area contributed by atoms with Crippen LogP contribution in [0.3, 0.4) is 0 Å². The van der Waals surface area contributed by atoms with Crippen molar-refractivity contribution in [3.63, 3.8) is 0 Å². The Morgan fingerprint density at radius 2 is 2.27 bits per heavy atom. The zero-order valence-electron chi connectivity index (χ0n) is 6.35. The molecule has 2 heteroatoms. The number of aryl methyl sites for hydroxylation is 1. The quantitative estimate of drug-likeness (QED) is 0.604. The Balaban J connectivity index is 2.59. The fourth-order valence-electron chi connectivity index (χ4n) is 1.32. The van der Waals surface area contributed by atoms with Gasteiger partial charge in [-0.1, -0.05) is 6.07 Å². The Hall–Kier alpha value is -1.31. The van der Waals surface area contributed by atoms with Crippen LogP contribution in [-0.4, -0.2) is 12.3 Å². The van der Waals surface area contributed by atoms with Crippen molar-refractivity contribution >= 4 is 11.5 Å². The molecule has 0 unspecified atom stereocenters. The number of carbonyl (C=O) groups is 1. The van der Waals surface area contributed by atoms with E-state index in [1.54, 1.807) is 0 Å². The average Bonchev–Trinajstić information content (AvgIpc) is 2.32. The molecule has 1 N–H and O–H groups in total. The van der Waals surface area contributed by atoms with E-state index in [2.05, 4.69) is 5.32 Å². The molecule has 0 spiro atoms. The van der Waals surface area contributed by atoms with Crippen molar-refractivity contribution in [2.75, 3.05) is 11.9 Å². The summed E-state index contributed by atoms with van der Waals surface area (Å²) in [5.74, 6) is 0.194. The Morgan fingerprint density at radius 3 is 3.09 bits per heavy atom. The summed E-state index contributed by atoms with van der Waals surface area (Å²) in [6.45, 7) is 2.48. The Labute approximate surface area is 65.2 Å². The van der Waals surface area contributed by atoms with E-state index in [0.717, 1.165) is 11.3 Å². The molecule has 0 atom stereocenters. The maximum atomic E-state index is 11.1. The molecule has 0 saturated heterocycles. The minimum absolute atomic E-state index is 0.194. The first-order valence-electron chi connectivity index (χ1n) is 3.65. The van der Waals surface area contributed by atoms with Gasteiger partial charge in [-0.3, -0.25) is 4.79 Å². The number of hydrogen-bond acceptors (Lipinski definition) is 2. The van der Waals surface area contributed by atoms with Gasteiger partial charge in [0.1, 0.15) is 0 Å². The van der Waals surface area contributed by atoms with Crippen LogP contribution >= 0.6 is 0 Å². The van der Waals surface area contributed by atoms with Crippen LogP contribution in [0.25, 0.3) is 0 Å². The van der Waals surface area contributed by atoms with Gasteiger partial charge >= 0.3 is 0 Å². The van der Waals surface area contributed by atoms with Gasteiger partial charge < -0.3 is 5.32 Å². The fraction of sp³-hybridized carbons (Fsp3) is 0.222. The van der Waals surface area contributed by atoms with Gasteiger partial charge in [0.2, 0.25) is 0 Å². The maximum Gasteiger partial charge on any atom is 0.183 e. The van der Waals surface area contributed by atoms with E-state index in [4.69, 9.17) is 0 Å². The van der Waals surface area contributed by atoms with E-state index in [-0.39, 0.29) is 5.78 Å². The molecule has 56 valence electrons. The van der Waals surface area contributed by atoms with Crippen LogP contribution < -0.4 is 5.32 Å². The van der Waals surface area contributed by atoms with Crippen LogP contribution in [0.1, 0.15) is 15.9 Å². The number of nitrogens with one attached hydrogen (secondary N) is 1. The number of carbonyl (C=O) groups excluding carboxylic acids is 1. The minimum atomic E-state index is 0.194. The molecule has 1 aliphatic heterocycles. The summed E-state index contributed by atoms with van der Waals surface area (Å²) < 4.78 is 0. The predicted molar refractivity (Wildman–Crippen MR) is 44.0 cm³/mol. The molecule has 0 aliphatic carbocycles. The average molecular weight is 147 g/mol. The van der Waals surface area contributed by atoms with Crippen LogP contribution in [0.15, 0.2) is 18.2 Å². The van der Waals surface area contributed by atoms with Gasteiger partial charge in [-0.2, -0.15) is 0 Å². The summed E-state index contributed by atoms with van der Waals surface area (Å²) in [5, 5.41) is 3.04. The highest BCUT2D eigenvalue weighted by Crippen LogP contribution is 2.22. The van der Waals surface area contributed by atoms with Gasteiger partial charge in [0.15, 0.2) is 5.78 Å². The van der Waals surface area contributed by atoms with Crippen molar-refractivity contribution in [2.24, 2.45) is 0 Å². The number of ketones is 1. The number of anilines is 1. The van der Waals surface area contributed by atoms with Crippen molar-refractivity contribution in [3.05, 3.63) is 29.3 Å². The number of benzene rings is 1. The van der Waals surface area contributed by atoms with E-state index >= 15 is 0 Å². The molecule has 2 rings (SSSR count). The van der Waals surface area contributed by atoms with E-state index in [9.17, 15) is 4.79 Å². The first kappa shape index (κ1) is 6.40. The largest absolute Gasteiger partial charge is 0.377 e. The molecule has 11 heavy (non-hydrogen) atoms. The van der Waals surface area contributed by atoms with Gasteiger partial charge in [-0.15, -0.1) is 0 Å². The molecule has 1 aliphatic rings. The summed E-state index contributed by atoms with van der Waals surface area (Å²) in [4.78, 5) is 11.1.